The first-order valence-electron chi connectivity index (χ1n) is 4.60. The van der Waals surface area contributed by atoms with Crippen LogP contribution in [0.1, 0.15) is 18.1 Å². The van der Waals surface area contributed by atoms with Gasteiger partial charge in [0.15, 0.2) is 11.5 Å². The van der Waals surface area contributed by atoms with E-state index < -0.39 is 29.3 Å². The van der Waals surface area contributed by atoms with E-state index in [1.165, 1.54) is 6.92 Å². The van der Waals surface area contributed by atoms with Gasteiger partial charge in [0, 0.05) is 11.6 Å². The van der Waals surface area contributed by atoms with Crippen LogP contribution in [0.25, 0.3) is 0 Å². The highest BCUT2D eigenvalue weighted by Crippen LogP contribution is 2.40. The van der Waals surface area contributed by atoms with Crippen molar-refractivity contribution < 1.29 is 23.4 Å². The Bertz CT molecular complexity index is 388. The normalized spacial score (nSPS) is 13.8. The Balaban J connectivity index is 3.33. The number of rotatable bonds is 2. The first-order valence-corrected chi connectivity index (χ1v) is 4.60. The van der Waals surface area contributed by atoms with Crippen LogP contribution in [0.15, 0.2) is 12.1 Å². The second-order valence-corrected chi connectivity index (χ2v) is 3.64. The molecule has 0 aliphatic heterocycles. The summed E-state index contributed by atoms with van der Waals surface area (Å²) in [7, 11) is 0. The maximum absolute atomic E-state index is 12.6. The van der Waals surface area contributed by atoms with Crippen LogP contribution in [0, 0.1) is 0 Å². The minimum atomic E-state index is -4.57. The Labute approximate surface area is 90.3 Å². The van der Waals surface area contributed by atoms with E-state index in [0.29, 0.717) is 0 Å². The molecule has 0 heterocycles. The number of hydrogen-bond donors (Lipinski definition) is 3. The van der Waals surface area contributed by atoms with Crippen molar-refractivity contribution in [1.29, 1.82) is 0 Å². The van der Waals surface area contributed by atoms with E-state index in [4.69, 9.17) is 10.8 Å². The number of phenolic OH excluding ortho intramolecular Hbond substituents is 2. The van der Waals surface area contributed by atoms with Gasteiger partial charge in [0.1, 0.15) is 0 Å². The summed E-state index contributed by atoms with van der Waals surface area (Å²) in [5.74, 6) is -1.34. The molecule has 0 aromatic heterocycles. The molecule has 0 saturated carbocycles. The molecule has 0 radical (unpaired) electrons. The van der Waals surface area contributed by atoms with Crippen LogP contribution >= 0.6 is 0 Å². The third-order valence-corrected chi connectivity index (χ3v) is 2.09. The Morgan fingerprint density at radius 2 is 1.88 bits per heavy atom. The molecule has 1 rings (SSSR count). The molecule has 3 nitrogen and oxygen atoms in total. The van der Waals surface area contributed by atoms with Gasteiger partial charge < -0.3 is 15.9 Å². The molecule has 16 heavy (non-hydrogen) atoms. The van der Waals surface area contributed by atoms with Crippen LogP contribution in [0.5, 0.6) is 11.5 Å². The topological polar surface area (TPSA) is 66.5 Å². The van der Waals surface area contributed by atoms with Gasteiger partial charge in [-0.25, -0.2) is 0 Å². The van der Waals surface area contributed by atoms with Crippen LogP contribution in [0.4, 0.5) is 13.2 Å². The van der Waals surface area contributed by atoms with Gasteiger partial charge in [-0.3, -0.25) is 0 Å². The molecule has 1 aromatic rings. The molecule has 4 N–H and O–H groups in total. The molecular formula is C10H12F3NO2. The quantitative estimate of drug-likeness (QED) is 0.687. The van der Waals surface area contributed by atoms with Crippen molar-refractivity contribution in [3.05, 3.63) is 23.3 Å². The lowest BCUT2D eigenvalue weighted by atomic mass is 9.99. The third kappa shape index (κ3) is 2.57. The summed E-state index contributed by atoms with van der Waals surface area (Å²) in [4.78, 5) is 0. The lowest BCUT2D eigenvalue weighted by molar-refractivity contribution is -0.138. The fourth-order valence-corrected chi connectivity index (χ4v) is 1.42. The zero-order valence-electron chi connectivity index (χ0n) is 8.54. The van der Waals surface area contributed by atoms with Crippen LogP contribution in [-0.4, -0.2) is 16.3 Å². The molecule has 1 atom stereocenters. The van der Waals surface area contributed by atoms with Crippen molar-refractivity contribution in [3.63, 3.8) is 0 Å². The van der Waals surface area contributed by atoms with Gasteiger partial charge in [-0.1, -0.05) is 0 Å². The molecule has 0 fully saturated rings. The Kier molecular flexibility index (Phi) is 3.32. The Hall–Kier alpha value is -1.43. The highest BCUT2D eigenvalue weighted by Gasteiger charge is 2.35. The van der Waals surface area contributed by atoms with E-state index in [9.17, 15) is 18.3 Å². The molecule has 0 spiro atoms. The maximum Gasteiger partial charge on any atom is 0.416 e. The van der Waals surface area contributed by atoms with E-state index in [0.717, 1.165) is 12.1 Å². The van der Waals surface area contributed by atoms with Crippen LogP contribution in [0.3, 0.4) is 0 Å². The highest BCUT2D eigenvalue weighted by molar-refractivity contribution is 5.50. The van der Waals surface area contributed by atoms with Gasteiger partial charge in [0.2, 0.25) is 0 Å². The number of benzene rings is 1. The molecule has 0 aliphatic rings. The fraction of sp³-hybridized carbons (Fsp3) is 0.400. The largest absolute Gasteiger partial charge is 0.504 e. The zero-order valence-corrected chi connectivity index (χ0v) is 8.54. The SMILES string of the molecule is CC(N)Cc1c(C(F)(F)F)ccc(O)c1O. The number of alkyl halides is 3. The summed E-state index contributed by atoms with van der Waals surface area (Å²) < 4.78 is 37.7. The summed E-state index contributed by atoms with van der Waals surface area (Å²) in [5, 5.41) is 18.5. The standard InChI is InChI=1S/C10H12F3NO2/c1-5(14)4-6-7(10(11,12)13)2-3-8(15)9(6)16/h2-3,5,15-16H,4,14H2,1H3. The predicted octanol–water partition coefficient (Wildman–Crippen LogP) is 2.01. The number of halogens is 3. The first-order chi connectivity index (χ1) is 7.23. The molecule has 0 bridgehead atoms. The van der Waals surface area contributed by atoms with Gasteiger partial charge in [-0.05, 0) is 25.5 Å². The van der Waals surface area contributed by atoms with Crippen molar-refractivity contribution >= 4 is 0 Å². The van der Waals surface area contributed by atoms with Gasteiger partial charge in [0.05, 0.1) is 5.56 Å². The van der Waals surface area contributed by atoms with E-state index in [2.05, 4.69) is 0 Å². The summed E-state index contributed by atoms with van der Waals surface area (Å²) in [6.07, 6.45) is -4.73. The molecule has 1 aromatic carbocycles. The zero-order chi connectivity index (χ0) is 12.5. The van der Waals surface area contributed by atoms with Crippen LogP contribution in [-0.2, 0) is 12.6 Å². The second kappa shape index (κ2) is 4.21. The molecule has 0 saturated heterocycles. The van der Waals surface area contributed by atoms with Crippen molar-refractivity contribution in [3.8, 4) is 11.5 Å². The van der Waals surface area contributed by atoms with Gasteiger partial charge in [0.25, 0.3) is 0 Å². The number of nitrogens with two attached hydrogens (primary N) is 1. The predicted molar refractivity (Wildman–Crippen MR) is 52.1 cm³/mol. The number of aromatic hydroxyl groups is 2. The Morgan fingerprint density at radius 3 is 2.31 bits per heavy atom. The minimum Gasteiger partial charge on any atom is -0.504 e. The summed E-state index contributed by atoms with van der Waals surface area (Å²) in [6, 6.07) is 0.990. The fourth-order valence-electron chi connectivity index (χ4n) is 1.42. The minimum absolute atomic E-state index is 0.158. The van der Waals surface area contributed by atoms with Crippen molar-refractivity contribution in [1.82, 2.24) is 0 Å². The summed E-state index contributed by atoms with van der Waals surface area (Å²) in [5.41, 5.74) is 4.05. The summed E-state index contributed by atoms with van der Waals surface area (Å²) in [6.45, 7) is 1.52. The average molecular weight is 235 g/mol. The lowest BCUT2D eigenvalue weighted by Crippen LogP contribution is -2.20. The van der Waals surface area contributed by atoms with E-state index in [1.54, 1.807) is 0 Å². The van der Waals surface area contributed by atoms with Gasteiger partial charge >= 0.3 is 6.18 Å². The number of phenols is 2. The maximum atomic E-state index is 12.6. The van der Waals surface area contributed by atoms with Crippen molar-refractivity contribution in [2.75, 3.05) is 0 Å². The molecule has 0 aliphatic carbocycles. The second-order valence-electron chi connectivity index (χ2n) is 3.64. The Morgan fingerprint density at radius 1 is 1.31 bits per heavy atom. The lowest BCUT2D eigenvalue weighted by Gasteiger charge is -2.16. The first kappa shape index (κ1) is 12.6. The average Bonchev–Trinajstić information content (AvgIpc) is 2.10. The molecule has 6 heteroatoms. The van der Waals surface area contributed by atoms with Crippen molar-refractivity contribution in [2.24, 2.45) is 5.73 Å². The van der Waals surface area contributed by atoms with Crippen LogP contribution < -0.4 is 5.73 Å². The number of hydrogen-bond acceptors (Lipinski definition) is 3. The van der Waals surface area contributed by atoms with E-state index in [-0.39, 0.29) is 12.0 Å². The molecule has 90 valence electrons. The van der Waals surface area contributed by atoms with E-state index >= 15 is 0 Å². The highest BCUT2D eigenvalue weighted by atomic mass is 19.4. The third-order valence-electron chi connectivity index (χ3n) is 2.09. The van der Waals surface area contributed by atoms with Crippen LogP contribution in [0.2, 0.25) is 0 Å². The monoisotopic (exact) mass is 235 g/mol. The van der Waals surface area contributed by atoms with Crippen molar-refractivity contribution in [2.45, 2.75) is 25.6 Å². The smallest absolute Gasteiger partial charge is 0.416 e. The van der Waals surface area contributed by atoms with Gasteiger partial charge in [-0.2, -0.15) is 13.2 Å². The molecular weight excluding hydrogens is 223 g/mol. The molecule has 0 amide bonds. The van der Waals surface area contributed by atoms with Gasteiger partial charge in [-0.15, -0.1) is 0 Å². The molecule has 1 unspecified atom stereocenters. The van der Waals surface area contributed by atoms with E-state index in [1.807, 2.05) is 0 Å². The summed E-state index contributed by atoms with van der Waals surface area (Å²) >= 11 is 0.